The summed E-state index contributed by atoms with van der Waals surface area (Å²) >= 11 is 0. The second-order valence-corrected chi connectivity index (χ2v) is 8.09. The molecule has 0 N–H and O–H groups in total. The largest absolute Gasteiger partial charge is 0.338 e. The molecule has 2 aliphatic rings. The Kier molecular flexibility index (Phi) is 4.83. The monoisotopic (exact) mass is 396 g/mol. The van der Waals surface area contributed by atoms with Crippen LogP contribution in [0.5, 0.6) is 0 Å². The average molecular weight is 396 g/mol. The number of fused-ring (bicyclic) bond motifs is 2. The molecule has 30 heavy (non-hydrogen) atoms. The first-order valence-electron chi connectivity index (χ1n) is 10.5. The molecular formula is C26H24N2O2. The summed E-state index contributed by atoms with van der Waals surface area (Å²) in [6.07, 6.45) is 2.08. The van der Waals surface area contributed by atoms with Gasteiger partial charge in [0.05, 0.1) is 17.3 Å². The van der Waals surface area contributed by atoms with Crippen molar-refractivity contribution >= 4 is 23.2 Å². The predicted molar refractivity (Wildman–Crippen MR) is 117 cm³/mol. The van der Waals surface area contributed by atoms with Gasteiger partial charge in [-0.15, -0.1) is 0 Å². The highest BCUT2D eigenvalue weighted by Gasteiger charge is 2.38. The fourth-order valence-corrected chi connectivity index (χ4v) is 4.59. The van der Waals surface area contributed by atoms with Crippen LogP contribution in [0.2, 0.25) is 0 Å². The fraction of sp³-hybridized carbons (Fsp3) is 0.231. The van der Waals surface area contributed by atoms with Crippen molar-refractivity contribution in [1.29, 1.82) is 0 Å². The van der Waals surface area contributed by atoms with E-state index in [-0.39, 0.29) is 24.2 Å². The summed E-state index contributed by atoms with van der Waals surface area (Å²) in [6.45, 7) is 1.02. The average Bonchev–Trinajstić information content (AvgIpc) is 3.05. The molecule has 2 amide bonds. The van der Waals surface area contributed by atoms with Gasteiger partial charge in [0.15, 0.2) is 0 Å². The molecule has 3 aromatic carbocycles. The Bertz CT molecular complexity index is 1050. The topological polar surface area (TPSA) is 40.6 Å². The number of hydrogen-bond acceptors (Lipinski definition) is 2. The Morgan fingerprint density at radius 3 is 2.00 bits per heavy atom. The second-order valence-electron chi connectivity index (χ2n) is 8.09. The van der Waals surface area contributed by atoms with E-state index in [1.165, 1.54) is 11.1 Å². The third-order valence-corrected chi connectivity index (χ3v) is 6.13. The molecule has 0 radical (unpaired) electrons. The summed E-state index contributed by atoms with van der Waals surface area (Å²) in [5.41, 5.74) is 5.33. The summed E-state index contributed by atoms with van der Waals surface area (Å²) in [4.78, 5) is 30.1. The van der Waals surface area contributed by atoms with Gasteiger partial charge in [-0.25, -0.2) is 0 Å². The Morgan fingerprint density at radius 2 is 1.37 bits per heavy atom. The van der Waals surface area contributed by atoms with Gasteiger partial charge in [-0.05, 0) is 41.7 Å². The minimum Gasteiger partial charge on any atom is -0.338 e. The lowest BCUT2D eigenvalue weighted by Gasteiger charge is -2.27. The smallest absolute Gasteiger partial charge is 0.236 e. The second kappa shape index (κ2) is 7.79. The molecule has 0 saturated carbocycles. The van der Waals surface area contributed by atoms with Crippen LogP contribution in [0.1, 0.15) is 23.1 Å². The maximum Gasteiger partial charge on any atom is 0.236 e. The van der Waals surface area contributed by atoms with E-state index in [1.54, 1.807) is 0 Å². The molecule has 1 atom stereocenters. The van der Waals surface area contributed by atoms with Crippen molar-refractivity contribution in [1.82, 2.24) is 4.90 Å². The van der Waals surface area contributed by atoms with Crippen LogP contribution in [0, 0.1) is 5.92 Å². The molecule has 0 bridgehead atoms. The van der Waals surface area contributed by atoms with E-state index in [0.29, 0.717) is 13.1 Å². The highest BCUT2D eigenvalue weighted by molar-refractivity contribution is 6.05. The van der Waals surface area contributed by atoms with Crippen molar-refractivity contribution < 1.29 is 9.59 Å². The highest BCUT2D eigenvalue weighted by Crippen LogP contribution is 2.38. The number of hydrogen-bond donors (Lipinski definition) is 0. The van der Waals surface area contributed by atoms with Crippen LogP contribution in [0.15, 0.2) is 78.9 Å². The number of aryl methyl sites for hydroxylation is 2. The van der Waals surface area contributed by atoms with E-state index in [4.69, 9.17) is 0 Å². The fourth-order valence-electron chi connectivity index (χ4n) is 4.59. The first-order chi connectivity index (χ1) is 14.7. The van der Waals surface area contributed by atoms with Gasteiger partial charge in [-0.3, -0.25) is 14.5 Å². The lowest BCUT2D eigenvalue weighted by Crippen LogP contribution is -2.34. The maximum absolute atomic E-state index is 13.8. The molecule has 1 saturated heterocycles. The number of para-hydroxylation sites is 2. The molecule has 150 valence electrons. The van der Waals surface area contributed by atoms with Gasteiger partial charge < -0.3 is 4.90 Å². The summed E-state index contributed by atoms with van der Waals surface area (Å²) in [6, 6.07) is 26.2. The van der Waals surface area contributed by atoms with Gasteiger partial charge in [-0.2, -0.15) is 0 Å². The molecule has 5 rings (SSSR count). The number of carbonyl (C=O) groups is 2. The van der Waals surface area contributed by atoms with Crippen molar-refractivity contribution in [2.45, 2.75) is 25.8 Å². The van der Waals surface area contributed by atoms with Crippen molar-refractivity contribution in [2.24, 2.45) is 5.92 Å². The minimum absolute atomic E-state index is 0.0145. The maximum atomic E-state index is 13.8. The van der Waals surface area contributed by atoms with E-state index in [9.17, 15) is 9.59 Å². The molecule has 4 nitrogen and oxygen atoms in total. The van der Waals surface area contributed by atoms with Crippen LogP contribution >= 0.6 is 0 Å². The Balaban J connectivity index is 1.46. The number of carbonyl (C=O) groups excluding carboxylic acids is 2. The molecule has 3 aromatic rings. The van der Waals surface area contributed by atoms with Crippen LogP contribution in [-0.2, 0) is 29.0 Å². The van der Waals surface area contributed by atoms with E-state index in [2.05, 4.69) is 12.1 Å². The molecule has 0 spiro atoms. The van der Waals surface area contributed by atoms with Crippen LogP contribution in [0.3, 0.4) is 0 Å². The molecule has 2 heterocycles. The number of nitrogens with zero attached hydrogens (tertiary/aromatic N) is 2. The lowest BCUT2D eigenvalue weighted by atomic mass is 10.0. The first kappa shape index (κ1) is 18.6. The Hall–Kier alpha value is -3.40. The van der Waals surface area contributed by atoms with Crippen molar-refractivity contribution in [3.8, 4) is 0 Å². The van der Waals surface area contributed by atoms with Crippen LogP contribution in [0.4, 0.5) is 11.4 Å². The lowest BCUT2D eigenvalue weighted by molar-refractivity contribution is -0.128. The number of likely N-dealkylation sites (tertiary alicyclic amines) is 1. The third-order valence-electron chi connectivity index (χ3n) is 6.13. The number of rotatable bonds is 3. The van der Waals surface area contributed by atoms with Gasteiger partial charge in [0.2, 0.25) is 11.8 Å². The quantitative estimate of drug-likeness (QED) is 0.654. The van der Waals surface area contributed by atoms with E-state index >= 15 is 0 Å². The summed E-state index contributed by atoms with van der Waals surface area (Å²) < 4.78 is 0. The van der Waals surface area contributed by atoms with Crippen molar-refractivity contribution in [3.63, 3.8) is 0 Å². The standard InChI is InChI=1S/C26H24N2O2/c29-25-16-22(18-27(25)17-19-8-2-1-3-9-19)26(30)28-23-12-6-4-10-20(23)14-15-21-11-5-7-13-24(21)28/h1-13,22H,14-18H2. The molecule has 4 heteroatoms. The zero-order chi connectivity index (χ0) is 20.5. The van der Waals surface area contributed by atoms with Gasteiger partial charge in [0.25, 0.3) is 0 Å². The Morgan fingerprint density at radius 1 is 0.800 bits per heavy atom. The summed E-state index contributed by atoms with van der Waals surface area (Å²) in [5.74, 6) is -0.269. The van der Waals surface area contributed by atoms with Crippen LogP contribution in [-0.4, -0.2) is 23.3 Å². The van der Waals surface area contributed by atoms with Crippen molar-refractivity contribution in [3.05, 3.63) is 95.6 Å². The molecular weight excluding hydrogens is 372 g/mol. The first-order valence-corrected chi connectivity index (χ1v) is 10.5. The van der Waals surface area contributed by atoms with E-state index < -0.39 is 0 Å². The third kappa shape index (κ3) is 3.39. The number of amides is 2. The van der Waals surface area contributed by atoms with Crippen molar-refractivity contribution in [2.75, 3.05) is 11.4 Å². The summed E-state index contributed by atoms with van der Waals surface area (Å²) in [7, 11) is 0. The minimum atomic E-state index is -0.333. The molecule has 0 aliphatic carbocycles. The van der Waals surface area contributed by atoms with Gasteiger partial charge in [-0.1, -0.05) is 66.7 Å². The Labute approximate surface area is 176 Å². The predicted octanol–water partition coefficient (Wildman–Crippen LogP) is 4.50. The zero-order valence-electron chi connectivity index (χ0n) is 16.8. The highest BCUT2D eigenvalue weighted by atomic mass is 16.2. The normalized spacial score (nSPS) is 18.0. The SMILES string of the molecule is O=C1CC(C(=O)N2c3ccccc3CCc3ccccc32)CN1Cc1ccccc1. The van der Waals surface area contributed by atoms with Crippen LogP contribution in [0.25, 0.3) is 0 Å². The molecule has 2 aliphatic heterocycles. The van der Waals surface area contributed by atoms with Crippen LogP contribution < -0.4 is 4.90 Å². The summed E-state index contributed by atoms with van der Waals surface area (Å²) in [5, 5.41) is 0. The number of anilines is 2. The molecule has 0 aromatic heterocycles. The van der Waals surface area contributed by atoms with E-state index in [0.717, 1.165) is 29.8 Å². The van der Waals surface area contributed by atoms with Gasteiger partial charge >= 0.3 is 0 Å². The molecule has 1 unspecified atom stereocenters. The van der Waals surface area contributed by atoms with Gasteiger partial charge in [0, 0.05) is 19.5 Å². The van der Waals surface area contributed by atoms with Gasteiger partial charge in [0.1, 0.15) is 0 Å². The van der Waals surface area contributed by atoms with E-state index in [1.807, 2.05) is 76.5 Å². The number of benzene rings is 3. The molecule has 1 fully saturated rings. The zero-order valence-corrected chi connectivity index (χ0v) is 16.8.